The lowest BCUT2D eigenvalue weighted by Crippen LogP contribution is -2.10. The molecule has 0 aliphatic carbocycles. The molecule has 8 rings (SSSR count). The van der Waals surface area contributed by atoms with Gasteiger partial charge in [-0.3, -0.25) is 0 Å². The second-order valence-corrected chi connectivity index (χ2v) is 15.7. The molecular weight excluding hydrogens is 765 g/mol. The van der Waals surface area contributed by atoms with Gasteiger partial charge in [0.2, 0.25) is 22.8 Å². The number of aryl methyl sites for hydroxylation is 2. The van der Waals surface area contributed by atoms with Crippen molar-refractivity contribution in [1.29, 1.82) is 0 Å². The summed E-state index contributed by atoms with van der Waals surface area (Å²) in [5.74, 6) is 0. The Bertz CT molecular complexity index is 2400. The summed E-state index contributed by atoms with van der Waals surface area (Å²) < 4.78 is 62.3. The van der Waals surface area contributed by atoms with Crippen molar-refractivity contribution in [3.05, 3.63) is 217 Å². The monoisotopic (exact) mass is 806 g/mol. The topological polar surface area (TPSA) is 143 Å². The third-order valence-electron chi connectivity index (χ3n) is 8.55. The molecule has 2 heterocycles. The summed E-state index contributed by atoms with van der Waals surface area (Å²) in [6.07, 6.45) is 0. The molecule has 292 valence electrons. The van der Waals surface area contributed by atoms with E-state index in [1.807, 2.05) is 38.1 Å². The first-order chi connectivity index (χ1) is 27.9. The fraction of sp³-hybridized carbons (Fsp3) is 0.0417. The van der Waals surface area contributed by atoms with Crippen molar-refractivity contribution in [2.24, 2.45) is 0 Å². The van der Waals surface area contributed by atoms with Crippen molar-refractivity contribution >= 4 is 20.2 Å². The van der Waals surface area contributed by atoms with Crippen molar-refractivity contribution in [2.75, 3.05) is 0 Å². The molecule has 0 spiro atoms. The summed E-state index contributed by atoms with van der Waals surface area (Å²) >= 11 is 0. The van der Waals surface area contributed by atoms with Gasteiger partial charge < -0.3 is 9.11 Å². The van der Waals surface area contributed by atoms with Crippen LogP contribution >= 0.6 is 0 Å². The Labute approximate surface area is 340 Å². The summed E-state index contributed by atoms with van der Waals surface area (Å²) in [6, 6.07) is 65.6. The number of hydrogen-bond donors (Lipinski definition) is 0. The second kappa shape index (κ2) is 20.6. The van der Waals surface area contributed by atoms with Gasteiger partial charge in [0.05, 0.1) is 9.79 Å². The molecule has 0 radical (unpaired) electrons. The maximum absolute atomic E-state index is 10.4. The van der Waals surface area contributed by atoms with Gasteiger partial charge in [0.25, 0.3) is 0 Å². The van der Waals surface area contributed by atoms with Crippen LogP contribution in [0.5, 0.6) is 0 Å². The van der Waals surface area contributed by atoms with Crippen LogP contribution in [-0.4, -0.2) is 25.9 Å². The van der Waals surface area contributed by atoms with Crippen molar-refractivity contribution < 1.29 is 35.9 Å². The molecule has 10 heteroatoms. The highest BCUT2D eigenvalue weighted by molar-refractivity contribution is 7.86. The molecule has 0 bridgehead atoms. The molecule has 0 saturated carbocycles. The lowest BCUT2D eigenvalue weighted by Gasteiger charge is -2.05. The van der Waals surface area contributed by atoms with Crippen molar-refractivity contribution in [2.45, 2.75) is 23.6 Å². The Morgan fingerprint density at radius 3 is 0.741 bits per heavy atom. The zero-order valence-corrected chi connectivity index (χ0v) is 33.5. The van der Waals surface area contributed by atoms with Crippen LogP contribution in [0.1, 0.15) is 11.1 Å². The van der Waals surface area contributed by atoms with Gasteiger partial charge in [-0.2, -0.15) is 0 Å². The van der Waals surface area contributed by atoms with E-state index >= 15 is 0 Å². The van der Waals surface area contributed by atoms with Crippen LogP contribution in [0.15, 0.2) is 216 Å². The van der Waals surface area contributed by atoms with Gasteiger partial charge in [-0.25, -0.2) is 26.8 Å². The van der Waals surface area contributed by atoms with Crippen LogP contribution in [0.3, 0.4) is 0 Å². The number of pyridine rings is 2. The standard InChI is InChI=1S/2C17H13N.2C7H8O3S/c2*1-3-8-14(9-4-1)16-12-7-13-17(18-16)15-10-5-2-6-11-15;2*1-6-2-4-7(5-3-6)11(8,9)10/h2*1-13H;2*2-5H,1H3,(H,8,9,10). The number of rotatable bonds is 6. The average Bonchev–Trinajstić information content (AvgIpc) is 3.25. The Balaban J connectivity index is 0.000000152. The second-order valence-electron chi connectivity index (χ2n) is 13.0. The normalized spacial score (nSPS) is 10.7. The van der Waals surface area contributed by atoms with Gasteiger partial charge in [0.15, 0.2) is 0 Å². The molecule has 58 heavy (non-hydrogen) atoms. The van der Waals surface area contributed by atoms with Gasteiger partial charge in [-0.1, -0.05) is 108 Å². The van der Waals surface area contributed by atoms with E-state index in [4.69, 9.17) is 0 Å². The fourth-order valence-electron chi connectivity index (χ4n) is 5.49. The van der Waals surface area contributed by atoms with E-state index in [-0.39, 0.29) is 9.79 Å². The molecule has 8 nitrogen and oxygen atoms in total. The summed E-state index contributed by atoms with van der Waals surface area (Å²) in [4.78, 5) is 6.60. The third kappa shape index (κ3) is 13.3. The molecule has 0 unspecified atom stereocenters. The first-order valence-electron chi connectivity index (χ1n) is 18.2. The molecule has 0 amide bonds. The highest BCUT2D eigenvalue weighted by Crippen LogP contribution is 2.20. The summed E-state index contributed by atoms with van der Waals surface area (Å²) in [7, 11) is -8.54. The van der Waals surface area contributed by atoms with E-state index in [9.17, 15) is 25.9 Å². The molecule has 6 aromatic carbocycles. The van der Waals surface area contributed by atoms with E-state index in [0.717, 1.165) is 33.9 Å². The number of H-pyrrole nitrogens is 2. The molecule has 0 fully saturated rings. The number of aromatic amines is 2. The first kappa shape index (κ1) is 42.6. The predicted molar refractivity (Wildman–Crippen MR) is 226 cm³/mol. The quantitative estimate of drug-likeness (QED) is 0.153. The van der Waals surface area contributed by atoms with Crippen LogP contribution in [-0.2, 0) is 20.2 Å². The molecule has 2 aromatic heterocycles. The van der Waals surface area contributed by atoms with Gasteiger partial charge in [0.1, 0.15) is 20.2 Å². The van der Waals surface area contributed by atoms with Crippen molar-refractivity contribution in [1.82, 2.24) is 0 Å². The van der Waals surface area contributed by atoms with E-state index in [1.54, 1.807) is 24.3 Å². The van der Waals surface area contributed by atoms with Crippen LogP contribution < -0.4 is 9.97 Å². The smallest absolute Gasteiger partial charge is 0.211 e. The number of nitrogens with one attached hydrogen (secondary N) is 2. The number of hydrogen-bond acceptors (Lipinski definition) is 6. The molecule has 0 aliphatic heterocycles. The summed E-state index contributed by atoms with van der Waals surface area (Å²) in [5.41, 5.74) is 11.2. The van der Waals surface area contributed by atoms with Crippen molar-refractivity contribution in [3.8, 4) is 45.0 Å². The van der Waals surface area contributed by atoms with E-state index in [2.05, 4.69) is 143 Å². The SMILES string of the molecule is Cc1ccc(S(=O)(=O)[O-])cc1.Cc1ccc(S(=O)(=O)[O-])cc1.c1ccc(-c2cccc(-c3ccccc3)[nH+]2)cc1.c1ccc(-c2cccc(-c3ccccc3)[nH+]2)cc1. The van der Waals surface area contributed by atoms with Crippen LogP contribution in [0.25, 0.3) is 45.0 Å². The summed E-state index contributed by atoms with van der Waals surface area (Å²) in [6.45, 7) is 3.64. The maximum Gasteiger partial charge on any atom is 0.211 e. The van der Waals surface area contributed by atoms with Gasteiger partial charge in [-0.05, 0) is 98.8 Å². The highest BCUT2D eigenvalue weighted by Gasteiger charge is 2.10. The van der Waals surface area contributed by atoms with Gasteiger partial charge in [0, 0.05) is 46.5 Å². The molecule has 2 N–H and O–H groups in total. The Hall–Kier alpha value is -6.56. The molecule has 0 aliphatic rings. The maximum atomic E-state index is 10.4. The van der Waals surface area contributed by atoms with Crippen molar-refractivity contribution in [3.63, 3.8) is 0 Å². The van der Waals surface area contributed by atoms with E-state index < -0.39 is 20.2 Å². The van der Waals surface area contributed by atoms with Crippen LogP contribution in [0, 0.1) is 13.8 Å². The largest absolute Gasteiger partial charge is 0.744 e. The lowest BCUT2D eigenvalue weighted by atomic mass is 10.1. The zero-order valence-electron chi connectivity index (χ0n) is 31.9. The Morgan fingerprint density at radius 1 is 0.310 bits per heavy atom. The minimum absolute atomic E-state index is 0.178. The fourth-order valence-corrected chi connectivity index (χ4v) is 6.43. The Morgan fingerprint density at radius 2 is 0.534 bits per heavy atom. The number of benzene rings is 6. The van der Waals surface area contributed by atoms with Crippen LogP contribution in [0.4, 0.5) is 0 Å². The lowest BCUT2D eigenvalue weighted by molar-refractivity contribution is -0.351. The van der Waals surface area contributed by atoms with Gasteiger partial charge >= 0.3 is 0 Å². The van der Waals surface area contributed by atoms with E-state index in [0.29, 0.717) is 0 Å². The Kier molecular flexibility index (Phi) is 15.1. The van der Waals surface area contributed by atoms with Crippen LogP contribution in [0.2, 0.25) is 0 Å². The average molecular weight is 807 g/mol. The summed E-state index contributed by atoms with van der Waals surface area (Å²) in [5, 5.41) is 0. The minimum atomic E-state index is -4.27. The molecule has 0 atom stereocenters. The van der Waals surface area contributed by atoms with Gasteiger partial charge in [-0.15, -0.1) is 0 Å². The molecule has 0 saturated heterocycles. The zero-order chi connectivity index (χ0) is 41.4. The predicted octanol–water partition coefficient (Wildman–Crippen LogP) is 9.47. The van der Waals surface area contributed by atoms with E-state index in [1.165, 1.54) is 46.5 Å². The number of aromatic nitrogens is 2. The highest BCUT2D eigenvalue weighted by atomic mass is 32.2. The third-order valence-corrected chi connectivity index (χ3v) is 10.2. The minimum Gasteiger partial charge on any atom is -0.744 e. The molecular formula is C48H42N2O6S2. The first-order valence-corrected chi connectivity index (χ1v) is 21.0. The molecule has 8 aromatic rings.